The lowest BCUT2D eigenvalue weighted by molar-refractivity contribution is -0.287. The third-order valence-electron chi connectivity index (χ3n) is 2.86. The van der Waals surface area contributed by atoms with Crippen molar-refractivity contribution < 1.29 is 44.2 Å². The number of esters is 2. The van der Waals surface area contributed by atoms with Crippen LogP contribution in [0.15, 0.2) is 0 Å². The van der Waals surface area contributed by atoms with Crippen molar-refractivity contribution in [2.24, 2.45) is 0 Å². The van der Waals surface area contributed by atoms with Gasteiger partial charge < -0.3 is 34.6 Å². The highest BCUT2D eigenvalue weighted by atomic mass is 16.6. The van der Waals surface area contributed by atoms with Gasteiger partial charge in [-0.05, 0) is 0 Å². The maximum Gasteiger partial charge on any atom is 0.306 e. The van der Waals surface area contributed by atoms with Gasteiger partial charge >= 0.3 is 11.9 Å². The van der Waals surface area contributed by atoms with E-state index in [0.717, 1.165) is 0 Å². The number of hydrogen-bond acceptors (Lipinski definition) is 9. The van der Waals surface area contributed by atoms with Gasteiger partial charge in [-0.1, -0.05) is 0 Å². The predicted octanol–water partition coefficient (Wildman–Crippen LogP) is -2.72. The maximum absolute atomic E-state index is 11.3. The number of rotatable bonds is 5. The van der Waals surface area contributed by atoms with Gasteiger partial charge in [-0.3, -0.25) is 9.59 Å². The molecule has 0 amide bonds. The molecule has 0 spiro atoms. The van der Waals surface area contributed by atoms with Crippen LogP contribution >= 0.6 is 0 Å². The molecule has 1 heterocycles. The van der Waals surface area contributed by atoms with E-state index in [1.165, 1.54) is 7.11 Å². The number of carbonyl (C=O) groups excluding carboxylic acids is 2. The molecule has 9 heteroatoms. The molecule has 1 fully saturated rings. The lowest BCUT2D eigenvalue weighted by atomic mass is 9.99. The van der Waals surface area contributed by atoms with Gasteiger partial charge in [0.25, 0.3) is 0 Å². The van der Waals surface area contributed by atoms with Crippen molar-refractivity contribution in [3.8, 4) is 0 Å². The molecule has 1 aliphatic heterocycles. The second-order valence-electron chi connectivity index (χ2n) is 4.30. The molecule has 0 saturated carbocycles. The summed E-state index contributed by atoms with van der Waals surface area (Å²) in [7, 11) is 1.19. The lowest BCUT2D eigenvalue weighted by Gasteiger charge is -2.37. The quantitative estimate of drug-likeness (QED) is 0.398. The molecular formula is C11H18O9. The number of ether oxygens (including phenoxy) is 3. The molecular weight excluding hydrogens is 276 g/mol. The highest BCUT2D eigenvalue weighted by molar-refractivity contribution is 5.77. The van der Waals surface area contributed by atoms with Crippen molar-refractivity contribution in [3.05, 3.63) is 0 Å². The van der Waals surface area contributed by atoms with Crippen LogP contribution in [-0.4, -0.2) is 76.8 Å². The molecule has 0 aliphatic carbocycles. The molecule has 116 valence electrons. The molecule has 0 bridgehead atoms. The highest BCUT2D eigenvalue weighted by Crippen LogP contribution is 2.20. The third kappa shape index (κ3) is 4.39. The first-order valence-corrected chi connectivity index (χ1v) is 5.97. The summed E-state index contributed by atoms with van der Waals surface area (Å²) in [5.74, 6) is -1.29. The minimum Gasteiger partial charge on any atom is -0.469 e. The molecule has 0 aromatic rings. The van der Waals surface area contributed by atoms with Crippen LogP contribution in [0.2, 0.25) is 0 Å². The van der Waals surface area contributed by atoms with Crippen LogP contribution in [0.5, 0.6) is 0 Å². The van der Waals surface area contributed by atoms with E-state index in [9.17, 15) is 30.0 Å². The fourth-order valence-corrected chi connectivity index (χ4v) is 1.62. The van der Waals surface area contributed by atoms with Crippen LogP contribution in [0, 0.1) is 0 Å². The summed E-state index contributed by atoms with van der Waals surface area (Å²) in [4.78, 5) is 22.1. The van der Waals surface area contributed by atoms with E-state index in [4.69, 9.17) is 9.47 Å². The molecule has 5 atom stereocenters. The second-order valence-corrected chi connectivity index (χ2v) is 4.30. The molecule has 1 aliphatic rings. The van der Waals surface area contributed by atoms with Crippen molar-refractivity contribution in [2.75, 3.05) is 13.7 Å². The molecule has 0 aromatic carbocycles. The van der Waals surface area contributed by atoms with Gasteiger partial charge in [0.15, 0.2) is 6.29 Å². The van der Waals surface area contributed by atoms with Crippen LogP contribution in [0.3, 0.4) is 0 Å². The molecule has 9 nitrogen and oxygen atoms in total. The monoisotopic (exact) mass is 294 g/mol. The third-order valence-corrected chi connectivity index (χ3v) is 2.86. The molecule has 1 saturated heterocycles. The Morgan fingerprint density at radius 3 is 2.20 bits per heavy atom. The molecule has 0 unspecified atom stereocenters. The highest BCUT2D eigenvalue weighted by Gasteiger charge is 2.43. The van der Waals surface area contributed by atoms with Crippen LogP contribution in [0.4, 0.5) is 0 Å². The molecule has 20 heavy (non-hydrogen) atoms. The van der Waals surface area contributed by atoms with Gasteiger partial charge in [0, 0.05) is 0 Å². The smallest absolute Gasteiger partial charge is 0.306 e. The SMILES string of the molecule is COC(=O)CCC(=O)OC[C@H]1O[C@H](O)[C@H](O)[C@@H](O)[C@H]1O. The Morgan fingerprint density at radius 1 is 1.00 bits per heavy atom. The summed E-state index contributed by atoms with van der Waals surface area (Å²) in [6, 6.07) is 0. The van der Waals surface area contributed by atoms with Gasteiger partial charge in [0.05, 0.1) is 20.0 Å². The average molecular weight is 294 g/mol. The van der Waals surface area contributed by atoms with Crippen molar-refractivity contribution in [3.63, 3.8) is 0 Å². The van der Waals surface area contributed by atoms with Gasteiger partial charge in [-0.25, -0.2) is 0 Å². The standard InChI is InChI=1S/C11H18O9/c1-18-6(12)2-3-7(13)19-4-5-8(14)9(15)10(16)11(17)20-5/h5,8-11,14-17H,2-4H2,1H3/t5-,8+,9+,10-,11+/m1/s1. The Kier molecular flexibility index (Phi) is 6.30. The Morgan fingerprint density at radius 2 is 1.60 bits per heavy atom. The summed E-state index contributed by atoms with van der Waals surface area (Å²) >= 11 is 0. The summed E-state index contributed by atoms with van der Waals surface area (Å²) in [5.41, 5.74) is 0. The summed E-state index contributed by atoms with van der Waals surface area (Å²) < 4.78 is 13.9. The minimum absolute atomic E-state index is 0.145. The fraction of sp³-hybridized carbons (Fsp3) is 0.818. The lowest BCUT2D eigenvalue weighted by Crippen LogP contribution is -2.58. The largest absolute Gasteiger partial charge is 0.469 e. The second kappa shape index (κ2) is 7.50. The van der Waals surface area contributed by atoms with E-state index in [-0.39, 0.29) is 12.8 Å². The van der Waals surface area contributed by atoms with E-state index in [1.807, 2.05) is 0 Å². The van der Waals surface area contributed by atoms with E-state index in [1.54, 1.807) is 0 Å². The molecule has 0 radical (unpaired) electrons. The normalized spacial score (nSPS) is 33.5. The molecule has 4 N–H and O–H groups in total. The Balaban J connectivity index is 2.37. The number of aliphatic hydroxyl groups is 4. The van der Waals surface area contributed by atoms with Gasteiger partial charge in [0.1, 0.15) is 31.0 Å². The van der Waals surface area contributed by atoms with Gasteiger partial charge in [-0.15, -0.1) is 0 Å². The topological polar surface area (TPSA) is 143 Å². The van der Waals surface area contributed by atoms with Crippen molar-refractivity contribution in [1.29, 1.82) is 0 Å². The summed E-state index contributed by atoms with van der Waals surface area (Å²) in [5, 5.41) is 37.5. The van der Waals surface area contributed by atoms with Gasteiger partial charge in [-0.2, -0.15) is 0 Å². The first-order chi connectivity index (χ1) is 9.36. The maximum atomic E-state index is 11.3. The first-order valence-electron chi connectivity index (χ1n) is 5.97. The zero-order chi connectivity index (χ0) is 15.3. The van der Waals surface area contributed by atoms with E-state index < -0.39 is 49.3 Å². The van der Waals surface area contributed by atoms with Crippen LogP contribution < -0.4 is 0 Å². The van der Waals surface area contributed by atoms with Crippen molar-refractivity contribution in [1.82, 2.24) is 0 Å². The van der Waals surface area contributed by atoms with E-state index >= 15 is 0 Å². The van der Waals surface area contributed by atoms with E-state index in [2.05, 4.69) is 4.74 Å². The Bertz CT molecular complexity index is 345. The fourth-order valence-electron chi connectivity index (χ4n) is 1.62. The predicted molar refractivity (Wildman–Crippen MR) is 61.1 cm³/mol. The van der Waals surface area contributed by atoms with Gasteiger partial charge in [0.2, 0.25) is 0 Å². The number of carbonyl (C=O) groups is 2. The zero-order valence-electron chi connectivity index (χ0n) is 10.8. The molecule has 1 rings (SSSR count). The number of hydrogen-bond donors (Lipinski definition) is 4. The summed E-state index contributed by atoms with van der Waals surface area (Å²) in [6.45, 7) is -0.429. The van der Waals surface area contributed by atoms with Crippen molar-refractivity contribution in [2.45, 2.75) is 43.5 Å². The van der Waals surface area contributed by atoms with Crippen molar-refractivity contribution >= 4 is 11.9 Å². The van der Waals surface area contributed by atoms with Crippen LogP contribution in [-0.2, 0) is 23.8 Å². The summed E-state index contributed by atoms with van der Waals surface area (Å²) in [6.07, 6.45) is -7.98. The van der Waals surface area contributed by atoms with Crippen LogP contribution in [0.1, 0.15) is 12.8 Å². The number of aliphatic hydroxyl groups excluding tert-OH is 4. The number of methoxy groups -OCH3 is 1. The van der Waals surface area contributed by atoms with Crippen LogP contribution in [0.25, 0.3) is 0 Å². The Hall–Kier alpha value is -1.26. The molecule has 0 aromatic heterocycles. The average Bonchev–Trinajstić information content (AvgIpc) is 2.44. The zero-order valence-corrected chi connectivity index (χ0v) is 10.8. The first kappa shape index (κ1) is 16.8. The van der Waals surface area contributed by atoms with E-state index in [0.29, 0.717) is 0 Å². The Labute approximate surface area is 114 Å². The minimum atomic E-state index is -1.69.